The second kappa shape index (κ2) is 10.2. The van der Waals surface area contributed by atoms with Crippen LogP contribution in [-0.2, 0) is 5.41 Å². The lowest BCUT2D eigenvalue weighted by Gasteiger charge is -2.43. The average molecular weight is 478 g/mol. The minimum Gasteiger partial charge on any atom is -0.493 e. The van der Waals surface area contributed by atoms with Crippen LogP contribution in [0.15, 0.2) is 42.5 Å². The maximum atomic E-state index is 7.79. The Kier molecular flexibility index (Phi) is 7.14. The van der Waals surface area contributed by atoms with Crippen molar-refractivity contribution in [2.24, 2.45) is 5.73 Å². The molecule has 0 unspecified atom stereocenters. The van der Waals surface area contributed by atoms with E-state index in [0.717, 1.165) is 56.2 Å². The highest BCUT2D eigenvalue weighted by Gasteiger charge is 2.36. The van der Waals surface area contributed by atoms with E-state index in [4.69, 9.17) is 31.3 Å². The largest absolute Gasteiger partial charge is 0.493 e. The van der Waals surface area contributed by atoms with Crippen molar-refractivity contribution in [1.29, 1.82) is 5.41 Å². The van der Waals surface area contributed by atoms with Gasteiger partial charge in [-0.15, -0.1) is 0 Å². The van der Waals surface area contributed by atoms with Crippen LogP contribution in [0, 0.1) is 5.41 Å². The molecule has 1 saturated heterocycles. The van der Waals surface area contributed by atoms with Crippen molar-refractivity contribution >= 4 is 28.6 Å². The molecule has 186 valence electrons. The quantitative estimate of drug-likeness (QED) is 0.333. The number of hydrogen-bond donors (Lipinski definition) is 3. The minimum atomic E-state index is 0.0707. The van der Waals surface area contributed by atoms with Crippen molar-refractivity contribution in [2.45, 2.75) is 31.1 Å². The predicted octanol–water partition coefficient (Wildman–Crippen LogP) is 3.37. The third kappa shape index (κ3) is 5.03. The number of nitrogens with one attached hydrogen (secondary N) is 1. The van der Waals surface area contributed by atoms with E-state index in [-0.39, 0.29) is 11.4 Å². The van der Waals surface area contributed by atoms with Crippen molar-refractivity contribution < 1.29 is 9.47 Å². The van der Waals surface area contributed by atoms with Gasteiger partial charge in [0.2, 0.25) is 5.95 Å². The lowest BCUT2D eigenvalue weighted by molar-refractivity contribution is 0.208. The minimum absolute atomic E-state index is 0.0707. The summed E-state index contributed by atoms with van der Waals surface area (Å²) in [5, 5.41) is 8.53. The van der Waals surface area contributed by atoms with Crippen molar-refractivity contribution in [3.05, 3.63) is 48.0 Å². The smallest absolute Gasteiger partial charge is 0.227 e. The number of aromatic nitrogens is 2. The molecular formula is C26H35N7O2. The van der Waals surface area contributed by atoms with E-state index < -0.39 is 0 Å². The molecule has 35 heavy (non-hydrogen) atoms. The molecule has 0 saturated carbocycles. The number of benzene rings is 2. The number of likely N-dealkylation sites (tertiary alicyclic amines) is 1. The Balaban J connectivity index is 1.50. The Bertz CT molecular complexity index is 1180. The highest BCUT2D eigenvalue weighted by molar-refractivity contribution is 5.91. The fourth-order valence-corrected chi connectivity index (χ4v) is 5.04. The van der Waals surface area contributed by atoms with E-state index in [1.54, 1.807) is 14.2 Å². The van der Waals surface area contributed by atoms with Gasteiger partial charge in [0, 0.05) is 38.1 Å². The molecule has 4 rings (SSSR count). The van der Waals surface area contributed by atoms with Gasteiger partial charge in [0.25, 0.3) is 0 Å². The van der Waals surface area contributed by atoms with Gasteiger partial charge in [-0.05, 0) is 42.7 Å². The SMILES string of the molecule is COc1cc2nc(N(C)CCCC3(c4ccccc4)CCN(C(=N)N)CC3)nc(N)c2cc1OC. The molecule has 2 heterocycles. The van der Waals surface area contributed by atoms with Crippen LogP contribution in [0.4, 0.5) is 11.8 Å². The standard InChI is InChI=1S/C26H35N7O2/c1-32(25-30-20-17-22(35-3)21(34-2)16-19(20)23(27)31-25)13-7-10-26(18-8-5-4-6-9-18)11-14-33(15-12-26)24(28)29/h4-6,8-9,16-17H,7,10-15H2,1-3H3,(H3,28,29)(H2,27,30,31). The number of rotatable bonds is 8. The first-order chi connectivity index (χ1) is 16.9. The van der Waals surface area contributed by atoms with E-state index in [0.29, 0.717) is 23.3 Å². The number of piperidine rings is 1. The van der Waals surface area contributed by atoms with E-state index in [1.807, 2.05) is 24.1 Å². The summed E-state index contributed by atoms with van der Waals surface area (Å²) in [7, 11) is 5.19. The summed E-state index contributed by atoms with van der Waals surface area (Å²) in [6.45, 7) is 2.40. The van der Waals surface area contributed by atoms with E-state index in [1.165, 1.54) is 5.56 Å². The van der Waals surface area contributed by atoms with E-state index >= 15 is 0 Å². The number of fused-ring (bicyclic) bond motifs is 1. The van der Waals surface area contributed by atoms with Gasteiger partial charge >= 0.3 is 0 Å². The first kappa shape index (κ1) is 24.4. The van der Waals surface area contributed by atoms with Gasteiger partial charge in [-0.1, -0.05) is 30.3 Å². The molecular weight excluding hydrogens is 442 g/mol. The third-order valence-corrected chi connectivity index (χ3v) is 7.16. The summed E-state index contributed by atoms with van der Waals surface area (Å²) in [5.74, 6) is 2.36. The molecule has 0 spiro atoms. The number of nitrogens with two attached hydrogens (primary N) is 2. The monoisotopic (exact) mass is 477 g/mol. The summed E-state index contributed by atoms with van der Waals surface area (Å²) in [4.78, 5) is 13.3. The van der Waals surface area contributed by atoms with Crippen molar-refractivity contribution in [1.82, 2.24) is 14.9 Å². The Morgan fingerprint density at radius 1 is 1.09 bits per heavy atom. The molecule has 9 nitrogen and oxygen atoms in total. The topological polar surface area (TPSA) is 127 Å². The Morgan fingerprint density at radius 3 is 2.37 bits per heavy atom. The molecule has 1 aliphatic heterocycles. The molecule has 9 heteroatoms. The second-order valence-electron chi connectivity index (χ2n) is 9.18. The summed E-state index contributed by atoms with van der Waals surface area (Å²) >= 11 is 0. The van der Waals surface area contributed by atoms with Gasteiger partial charge in [0.1, 0.15) is 5.82 Å². The number of nitrogens with zero attached hydrogens (tertiary/aromatic N) is 4. The number of methoxy groups -OCH3 is 2. The highest BCUT2D eigenvalue weighted by atomic mass is 16.5. The van der Waals surface area contributed by atoms with Gasteiger partial charge < -0.3 is 30.7 Å². The van der Waals surface area contributed by atoms with Gasteiger partial charge in [-0.25, -0.2) is 4.98 Å². The van der Waals surface area contributed by atoms with Crippen molar-refractivity contribution in [3.63, 3.8) is 0 Å². The number of anilines is 2. The molecule has 1 aromatic heterocycles. The zero-order chi connectivity index (χ0) is 25.0. The molecule has 0 amide bonds. The molecule has 5 N–H and O–H groups in total. The highest BCUT2D eigenvalue weighted by Crippen LogP contribution is 2.40. The fraction of sp³-hybridized carbons (Fsp3) is 0.423. The van der Waals surface area contributed by atoms with Crippen LogP contribution in [0.1, 0.15) is 31.2 Å². The van der Waals surface area contributed by atoms with Crippen LogP contribution >= 0.6 is 0 Å². The number of guanidine groups is 1. The molecule has 0 atom stereocenters. The van der Waals surface area contributed by atoms with Crippen LogP contribution in [0.3, 0.4) is 0 Å². The molecule has 3 aromatic rings. The first-order valence-corrected chi connectivity index (χ1v) is 11.9. The molecule has 2 aromatic carbocycles. The van der Waals surface area contributed by atoms with Crippen LogP contribution < -0.4 is 25.8 Å². The van der Waals surface area contributed by atoms with Gasteiger partial charge in [0.15, 0.2) is 17.5 Å². The molecule has 1 fully saturated rings. The van der Waals surface area contributed by atoms with Crippen LogP contribution in [0.25, 0.3) is 10.9 Å². The maximum absolute atomic E-state index is 7.79. The zero-order valence-corrected chi connectivity index (χ0v) is 20.8. The Morgan fingerprint density at radius 2 is 1.74 bits per heavy atom. The zero-order valence-electron chi connectivity index (χ0n) is 20.8. The summed E-state index contributed by atoms with van der Waals surface area (Å²) in [5.41, 5.74) is 14.2. The first-order valence-electron chi connectivity index (χ1n) is 11.9. The molecule has 0 radical (unpaired) electrons. The maximum Gasteiger partial charge on any atom is 0.227 e. The van der Waals surface area contributed by atoms with Crippen molar-refractivity contribution in [2.75, 3.05) is 51.5 Å². The Hall–Kier alpha value is -3.75. The second-order valence-corrected chi connectivity index (χ2v) is 9.18. The number of nitrogen functional groups attached to an aromatic ring is 1. The number of ether oxygens (including phenoxy) is 2. The van der Waals surface area contributed by atoms with E-state index in [2.05, 4.69) is 40.2 Å². The van der Waals surface area contributed by atoms with Gasteiger partial charge in [-0.3, -0.25) is 5.41 Å². The van der Waals surface area contributed by atoms with Crippen molar-refractivity contribution in [3.8, 4) is 11.5 Å². The number of hydrogen-bond acceptors (Lipinski definition) is 7. The summed E-state index contributed by atoms with van der Waals surface area (Å²) in [6.07, 6.45) is 3.95. The van der Waals surface area contributed by atoms with Crippen LogP contribution in [-0.4, -0.2) is 61.7 Å². The normalized spacial score (nSPS) is 15.1. The lowest BCUT2D eigenvalue weighted by atomic mass is 9.70. The van der Waals surface area contributed by atoms with Gasteiger partial charge in [0.05, 0.1) is 19.7 Å². The van der Waals surface area contributed by atoms with Gasteiger partial charge in [-0.2, -0.15) is 4.98 Å². The molecule has 0 aliphatic carbocycles. The van der Waals surface area contributed by atoms with Crippen LogP contribution in [0.5, 0.6) is 11.5 Å². The average Bonchev–Trinajstić information content (AvgIpc) is 2.88. The summed E-state index contributed by atoms with van der Waals surface area (Å²) < 4.78 is 10.8. The predicted molar refractivity (Wildman–Crippen MR) is 140 cm³/mol. The molecule has 1 aliphatic rings. The fourth-order valence-electron chi connectivity index (χ4n) is 5.04. The third-order valence-electron chi connectivity index (χ3n) is 7.16. The van der Waals surface area contributed by atoms with Crippen LogP contribution in [0.2, 0.25) is 0 Å². The Labute approximate surface area is 206 Å². The summed E-state index contributed by atoms with van der Waals surface area (Å²) in [6, 6.07) is 14.4. The van der Waals surface area contributed by atoms with E-state index in [9.17, 15) is 0 Å². The molecule has 0 bridgehead atoms. The lowest BCUT2D eigenvalue weighted by Crippen LogP contribution is -2.47.